The highest BCUT2D eigenvalue weighted by atomic mass is 127. The van der Waals surface area contributed by atoms with Gasteiger partial charge in [-0.25, -0.2) is 0 Å². The lowest BCUT2D eigenvalue weighted by molar-refractivity contribution is -0.143. The van der Waals surface area contributed by atoms with Crippen LogP contribution in [-0.4, -0.2) is 16.5 Å². The third-order valence-electron chi connectivity index (χ3n) is 2.20. The molecule has 64 valence electrons. The quantitative estimate of drug-likeness (QED) is 0.414. The summed E-state index contributed by atoms with van der Waals surface area (Å²) in [6.07, 6.45) is 5.57. The average molecular weight is 268 g/mol. The van der Waals surface area contributed by atoms with E-state index in [2.05, 4.69) is 22.6 Å². The lowest BCUT2D eigenvalue weighted by Crippen LogP contribution is -2.34. The van der Waals surface area contributed by atoms with Gasteiger partial charge in [0.1, 0.15) is 3.42 Å². The lowest BCUT2D eigenvalue weighted by atomic mass is 9.89. The fourth-order valence-corrected chi connectivity index (χ4v) is 2.48. The molecule has 0 aromatic heterocycles. The zero-order chi connectivity index (χ0) is 8.32. The number of ether oxygens (including phenoxy) is 1. The molecule has 0 spiro atoms. The second kappa shape index (κ2) is 3.74. The van der Waals surface area contributed by atoms with Gasteiger partial charge in [-0.05, 0) is 12.8 Å². The molecule has 0 aromatic rings. The topological polar surface area (TPSA) is 26.3 Å². The fourth-order valence-electron chi connectivity index (χ4n) is 1.50. The Bertz CT molecular complexity index is 150. The van der Waals surface area contributed by atoms with Crippen LogP contribution >= 0.6 is 22.6 Å². The van der Waals surface area contributed by atoms with Crippen molar-refractivity contribution >= 4 is 28.6 Å². The summed E-state index contributed by atoms with van der Waals surface area (Å²) < 4.78 is 4.54. The molecule has 0 saturated heterocycles. The number of carbonyl (C=O) groups is 1. The number of halogens is 1. The summed E-state index contributed by atoms with van der Waals surface area (Å²) in [4.78, 5) is 11.3. The SMILES string of the molecule is COC(=O)C1(I)CCCCC1. The number of hydrogen-bond acceptors (Lipinski definition) is 2. The van der Waals surface area contributed by atoms with Crippen LogP contribution < -0.4 is 0 Å². The molecular formula is C8H13IO2. The molecule has 1 aliphatic rings. The smallest absolute Gasteiger partial charge is 0.321 e. The van der Waals surface area contributed by atoms with Crippen molar-refractivity contribution in [3.8, 4) is 0 Å². The monoisotopic (exact) mass is 268 g/mol. The van der Waals surface area contributed by atoms with Crippen LogP contribution in [0.15, 0.2) is 0 Å². The minimum atomic E-state index is -0.204. The largest absolute Gasteiger partial charge is 0.468 e. The number of hydrogen-bond donors (Lipinski definition) is 0. The van der Waals surface area contributed by atoms with Crippen molar-refractivity contribution in [2.24, 2.45) is 0 Å². The first kappa shape index (κ1) is 9.29. The Labute approximate surface area is 80.8 Å². The van der Waals surface area contributed by atoms with E-state index in [1.807, 2.05) is 0 Å². The molecule has 0 aromatic carbocycles. The predicted octanol–water partition coefficient (Wildman–Crippen LogP) is 2.30. The maximum atomic E-state index is 11.3. The van der Waals surface area contributed by atoms with Crippen molar-refractivity contribution in [3.05, 3.63) is 0 Å². The van der Waals surface area contributed by atoms with E-state index in [0.717, 1.165) is 25.7 Å². The Hall–Kier alpha value is 0.200. The number of rotatable bonds is 1. The summed E-state index contributed by atoms with van der Waals surface area (Å²) >= 11 is 2.24. The average Bonchev–Trinajstić information content (AvgIpc) is 2.04. The van der Waals surface area contributed by atoms with Crippen LogP contribution in [-0.2, 0) is 9.53 Å². The summed E-state index contributed by atoms with van der Waals surface area (Å²) in [5.41, 5.74) is 0. The van der Waals surface area contributed by atoms with Crippen LogP contribution in [0.2, 0.25) is 0 Å². The molecule has 0 aliphatic heterocycles. The van der Waals surface area contributed by atoms with Crippen molar-refractivity contribution in [1.82, 2.24) is 0 Å². The normalized spacial score (nSPS) is 22.7. The molecule has 0 bridgehead atoms. The van der Waals surface area contributed by atoms with Crippen LogP contribution in [0, 0.1) is 0 Å². The van der Waals surface area contributed by atoms with E-state index < -0.39 is 0 Å². The Balaban J connectivity index is 2.56. The van der Waals surface area contributed by atoms with Crippen molar-refractivity contribution in [1.29, 1.82) is 0 Å². The summed E-state index contributed by atoms with van der Waals surface area (Å²) in [5.74, 6) is -0.0437. The summed E-state index contributed by atoms with van der Waals surface area (Å²) in [5, 5.41) is 0. The summed E-state index contributed by atoms with van der Waals surface area (Å²) in [6, 6.07) is 0. The molecule has 3 heteroatoms. The van der Waals surface area contributed by atoms with E-state index in [1.165, 1.54) is 13.5 Å². The predicted molar refractivity (Wildman–Crippen MR) is 51.9 cm³/mol. The maximum Gasteiger partial charge on any atom is 0.321 e. The van der Waals surface area contributed by atoms with Crippen molar-refractivity contribution in [2.45, 2.75) is 35.5 Å². The molecular weight excluding hydrogens is 255 g/mol. The molecule has 1 fully saturated rings. The van der Waals surface area contributed by atoms with E-state index in [0.29, 0.717) is 0 Å². The summed E-state index contributed by atoms with van der Waals surface area (Å²) in [7, 11) is 1.47. The van der Waals surface area contributed by atoms with E-state index in [4.69, 9.17) is 4.74 Å². The number of carbonyl (C=O) groups excluding carboxylic acids is 1. The minimum absolute atomic E-state index is 0.0437. The third-order valence-corrected chi connectivity index (χ3v) is 3.72. The molecule has 0 amide bonds. The Kier molecular flexibility index (Phi) is 3.16. The van der Waals surface area contributed by atoms with Gasteiger partial charge in [0.25, 0.3) is 0 Å². The highest BCUT2D eigenvalue weighted by molar-refractivity contribution is 14.1. The first-order valence-corrected chi connectivity index (χ1v) is 5.04. The molecule has 0 radical (unpaired) electrons. The second-order valence-corrected chi connectivity index (χ2v) is 5.08. The molecule has 1 saturated carbocycles. The van der Waals surface area contributed by atoms with E-state index in [-0.39, 0.29) is 9.39 Å². The minimum Gasteiger partial charge on any atom is -0.468 e. The van der Waals surface area contributed by atoms with Gasteiger partial charge in [-0.2, -0.15) is 0 Å². The van der Waals surface area contributed by atoms with Gasteiger partial charge < -0.3 is 4.74 Å². The van der Waals surface area contributed by atoms with Gasteiger partial charge >= 0.3 is 5.97 Å². The standard InChI is InChI=1S/C8H13IO2/c1-11-7(10)8(9)5-3-2-4-6-8/h2-6H2,1H3. The first-order chi connectivity index (χ1) is 5.19. The van der Waals surface area contributed by atoms with Gasteiger partial charge in [-0.3, -0.25) is 4.79 Å². The van der Waals surface area contributed by atoms with Crippen molar-refractivity contribution in [3.63, 3.8) is 0 Å². The van der Waals surface area contributed by atoms with Gasteiger partial charge in [0, 0.05) is 0 Å². The third kappa shape index (κ3) is 2.07. The second-order valence-electron chi connectivity index (χ2n) is 3.02. The number of esters is 1. The molecule has 0 heterocycles. The Morgan fingerprint density at radius 1 is 1.36 bits per heavy atom. The zero-order valence-electron chi connectivity index (χ0n) is 6.73. The highest BCUT2D eigenvalue weighted by Crippen LogP contribution is 2.37. The molecule has 0 unspecified atom stereocenters. The van der Waals surface area contributed by atoms with Crippen LogP contribution in [0.3, 0.4) is 0 Å². The van der Waals surface area contributed by atoms with Crippen molar-refractivity contribution in [2.75, 3.05) is 7.11 Å². The van der Waals surface area contributed by atoms with Gasteiger partial charge in [-0.1, -0.05) is 41.9 Å². The van der Waals surface area contributed by atoms with E-state index in [1.54, 1.807) is 0 Å². The molecule has 1 rings (SSSR count). The van der Waals surface area contributed by atoms with Crippen LogP contribution in [0.5, 0.6) is 0 Å². The summed E-state index contributed by atoms with van der Waals surface area (Å²) in [6.45, 7) is 0. The highest BCUT2D eigenvalue weighted by Gasteiger charge is 2.37. The Morgan fingerprint density at radius 3 is 2.36 bits per heavy atom. The molecule has 0 N–H and O–H groups in total. The van der Waals surface area contributed by atoms with Gasteiger partial charge in [0.05, 0.1) is 7.11 Å². The fraction of sp³-hybridized carbons (Fsp3) is 0.875. The lowest BCUT2D eigenvalue weighted by Gasteiger charge is -2.28. The van der Waals surface area contributed by atoms with E-state index >= 15 is 0 Å². The number of alkyl halides is 1. The van der Waals surface area contributed by atoms with Gasteiger partial charge in [-0.15, -0.1) is 0 Å². The maximum absolute atomic E-state index is 11.3. The van der Waals surface area contributed by atoms with Crippen molar-refractivity contribution < 1.29 is 9.53 Å². The molecule has 0 atom stereocenters. The first-order valence-electron chi connectivity index (χ1n) is 3.96. The van der Waals surface area contributed by atoms with Gasteiger partial charge in [0.2, 0.25) is 0 Å². The molecule has 1 aliphatic carbocycles. The van der Waals surface area contributed by atoms with E-state index in [9.17, 15) is 4.79 Å². The zero-order valence-corrected chi connectivity index (χ0v) is 8.89. The van der Waals surface area contributed by atoms with Crippen LogP contribution in [0.1, 0.15) is 32.1 Å². The van der Waals surface area contributed by atoms with Gasteiger partial charge in [0.15, 0.2) is 0 Å². The number of methoxy groups -OCH3 is 1. The molecule has 2 nitrogen and oxygen atoms in total. The Morgan fingerprint density at radius 2 is 1.91 bits per heavy atom. The van der Waals surface area contributed by atoms with Crippen LogP contribution in [0.25, 0.3) is 0 Å². The van der Waals surface area contributed by atoms with Crippen LogP contribution in [0.4, 0.5) is 0 Å². The molecule has 11 heavy (non-hydrogen) atoms.